The van der Waals surface area contributed by atoms with Gasteiger partial charge in [-0.1, -0.05) is 0 Å². The summed E-state index contributed by atoms with van der Waals surface area (Å²) in [5.41, 5.74) is 1.19. The van der Waals surface area contributed by atoms with Crippen LogP contribution in [0.4, 0.5) is 4.79 Å². The molecule has 1 saturated heterocycles. The SMILES string of the molecule is COC(=O)c1ccc(C2CNC(=O)O2)n1C. The Labute approximate surface area is 92.1 Å². The second-order valence-corrected chi connectivity index (χ2v) is 3.47. The molecule has 1 aromatic heterocycles. The molecule has 2 heterocycles. The Balaban J connectivity index is 2.26. The normalized spacial score (nSPS) is 19.1. The van der Waals surface area contributed by atoms with Crippen molar-refractivity contribution in [3.05, 3.63) is 23.5 Å². The van der Waals surface area contributed by atoms with Gasteiger partial charge in [-0.25, -0.2) is 9.59 Å². The third-order valence-corrected chi connectivity index (χ3v) is 2.57. The molecule has 0 bridgehead atoms. The van der Waals surface area contributed by atoms with Crippen LogP contribution in [-0.2, 0) is 16.5 Å². The van der Waals surface area contributed by atoms with Gasteiger partial charge in [0.1, 0.15) is 5.69 Å². The topological polar surface area (TPSA) is 69.6 Å². The maximum atomic E-state index is 11.4. The molecule has 1 aliphatic rings. The summed E-state index contributed by atoms with van der Waals surface area (Å²) in [6.45, 7) is 0.414. The third-order valence-electron chi connectivity index (χ3n) is 2.57. The number of aromatic nitrogens is 1. The average molecular weight is 224 g/mol. The van der Waals surface area contributed by atoms with E-state index in [1.54, 1.807) is 23.7 Å². The third kappa shape index (κ3) is 1.62. The van der Waals surface area contributed by atoms with Crippen molar-refractivity contribution in [3.8, 4) is 0 Å². The fourth-order valence-electron chi connectivity index (χ4n) is 1.71. The molecule has 1 aliphatic heterocycles. The molecule has 2 rings (SSSR count). The maximum Gasteiger partial charge on any atom is 0.408 e. The highest BCUT2D eigenvalue weighted by Crippen LogP contribution is 2.22. The van der Waals surface area contributed by atoms with Crippen LogP contribution in [-0.4, -0.2) is 30.3 Å². The highest BCUT2D eigenvalue weighted by atomic mass is 16.6. The molecule has 1 aromatic rings. The number of amides is 1. The van der Waals surface area contributed by atoms with Gasteiger partial charge in [-0.05, 0) is 12.1 Å². The fraction of sp³-hybridized carbons (Fsp3) is 0.400. The molecule has 1 fully saturated rings. The van der Waals surface area contributed by atoms with E-state index < -0.39 is 12.1 Å². The van der Waals surface area contributed by atoms with E-state index in [2.05, 4.69) is 10.1 Å². The first-order valence-electron chi connectivity index (χ1n) is 4.82. The predicted octanol–water partition coefficient (Wildman–Crippen LogP) is 0.593. The van der Waals surface area contributed by atoms with Crippen LogP contribution in [0.2, 0.25) is 0 Å². The lowest BCUT2D eigenvalue weighted by molar-refractivity contribution is 0.0589. The summed E-state index contributed by atoms with van der Waals surface area (Å²) in [5.74, 6) is -0.411. The highest BCUT2D eigenvalue weighted by Gasteiger charge is 2.27. The Morgan fingerprint density at radius 3 is 2.94 bits per heavy atom. The van der Waals surface area contributed by atoms with E-state index in [4.69, 9.17) is 4.74 Å². The monoisotopic (exact) mass is 224 g/mol. The lowest BCUT2D eigenvalue weighted by Crippen LogP contribution is -2.14. The van der Waals surface area contributed by atoms with Gasteiger partial charge in [-0.3, -0.25) is 0 Å². The zero-order valence-corrected chi connectivity index (χ0v) is 9.02. The number of methoxy groups -OCH3 is 1. The minimum Gasteiger partial charge on any atom is -0.464 e. The lowest BCUT2D eigenvalue weighted by Gasteiger charge is -2.10. The van der Waals surface area contributed by atoms with E-state index in [9.17, 15) is 9.59 Å². The molecular formula is C10H12N2O4. The van der Waals surface area contributed by atoms with Gasteiger partial charge in [0.05, 0.1) is 19.3 Å². The molecule has 0 saturated carbocycles. The number of ether oxygens (including phenoxy) is 2. The number of esters is 1. The Bertz CT molecular complexity index is 438. The Hall–Kier alpha value is -1.98. The Kier molecular flexibility index (Phi) is 2.55. The minimum absolute atomic E-state index is 0.351. The lowest BCUT2D eigenvalue weighted by atomic mass is 10.2. The van der Waals surface area contributed by atoms with E-state index >= 15 is 0 Å². The van der Waals surface area contributed by atoms with Crippen molar-refractivity contribution in [2.45, 2.75) is 6.10 Å². The van der Waals surface area contributed by atoms with Crippen molar-refractivity contribution in [2.75, 3.05) is 13.7 Å². The number of alkyl carbamates (subject to hydrolysis) is 1. The summed E-state index contributed by atoms with van der Waals surface area (Å²) in [4.78, 5) is 22.3. The molecule has 1 unspecified atom stereocenters. The largest absolute Gasteiger partial charge is 0.464 e. The number of carbonyl (C=O) groups is 2. The molecule has 1 amide bonds. The standard InChI is InChI=1S/C10H12N2O4/c1-12-6(8-5-11-10(14)16-8)3-4-7(12)9(13)15-2/h3-4,8H,5H2,1-2H3,(H,11,14). The van der Waals surface area contributed by atoms with E-state index in [1.807, 2.05) is 0 Å². The number of carbonyl (C=O) groups excluding carboxylic acids is 2. The predicted molar refractivity (Wildman–Crippen MR) is 54.0 cm³/mol. The van der Waals surface area contributed by atoms with Crippen molar-refractivity contribution in [1.82, 2.24) is 9.88 Å². The summed E-state index contributed by atoms with van der Waals surface area (Å²) in [7, 11) is 3.06. The van der Waals surface area contributed by atoms with Gasteiger partial charge in [-0.15, -0.1) is 0 Å². The van der Waals surface area contributed by atoms with Crippen LogP contribution in [0.5, 0.6) is 0 Å². The van der Waals surface area contributed by atoms with Crippen LogP contribution in [0.1, 0.15) is 22.3 Å². The summed E-state index contributed by atoms with van der Waals surface area (Å²) in [6, 6.07) is 3.39. The van der Waals surface area contributed by atoms with E-state index in [1.165, 1.54) is 7.11 Å². The molecule has 0 aliphatic carbocycles. The highest BCUT2D eigenvalue weighted by molar-refractivity contribution is 5.87. The first-order valence-corrected chi connectivity index (χ1v) is 4.82. The first-order chi connectivity index (χ1) is 7.63. The number of nitrogens with one attached hydrogen (secondary N) is 1. The van der Waals surface area contributed by atoms with Crippen LogP contribution in [0, 0.1) is 0 Å². The molecule has 0 aromatic carbocycles. The Morgan fingerprint density at radius 1 is 1.62 bits per heavy atom. The fourth-order valence-corrected chi connectivity index (χ4v) is 1.71. The average Bonchev–Trinajstić information content (AvgIpc) is 2.83. The van der Waals surface area contributed by atoms with Crippen LogP contribution in [0.25, 0.3) is 0 Å². The quantitative estimate of drug-likeness (QED) is 0.746. The molecule has 1 atom stereocenters. The van der Waals surface area contributed by atoms with Gasteiger partial charge in [0.25, 0.3) is 0 Å². The first kappa shape index (κ1) is 10.5. The molecule has 6 nitrogen and oxygen atoms in total. The van der Waals surface area contributed by atoms with Gasteiger partial charge < -0.3 is 19.4 Å². The van der Waals surface area contributed by atoms with Gasteiger partial charge >= 0.3 is 12.1 Å². The molecule has 86 valence electrons. The number of nitrogens with zero attached hydrogens (tertiary/aromatic N) is 1. The van der Waals surface area contributed by atoms with Crippen molar-refractivity contribution < 1.29 is 19.1 Å². The van der Waals surface area contributed by atoms with E-state index in [0.29, 0.717) is 12.2 Å². The molecular weight excluding hydrogens is 212 g/mol. The number of hydrogen-bond donors (Lipinski definition) is 1. The van der Waals surface area contributed by atoms with Gasteiger partial charge in [-0.2, -0.15) is 0 Å². The number of hydrogen-bond acceptors (Lipinski definition) is 4. The summed E-state index contributed by atoms with van der Waals surface area (Å²) >= 11 is 0. The van der Waals surface area contributed by atoms with Crippen molar-refractivity contribution in [3.63, 3.8) is 0 Å². The Morgan fingerprint density at radius 2 is 2.38 bits per heavy atom. The van der Waals surface area contributed by atoms with Gasteiger partial charge in [0, 0.05) is 7.05 Å². The molecule has 1 N–H and O–H groups in total. The molecule has 0 spiro atoms. The van der Waals surface area contributed by atoms with Crippen molar-refractivity contribution >= 4 is 12.1 Å². The van der Waals surface area contributed by atoms with Gasteiger partial charge in [0.15, 0.2) is 6.10 Å². The molecule has 6 heteroatoms. The van der Waals surface area contributed by atoms with Crippen LogP contribution < -0.4 is 5.32 Å². The summed E-state index contributed by atoms with van der Waals surface area (Å²) in [5, 5.41) is 2.56. The minimum atomic E-state index is -0.439. The van der Waals surface area contributed by atoms with Crippen LogP contribution in [0.15, 0.2) is 12.1 Å². The van der Waals surface area contributed by atoms with Crippen LogP contribution >= 0.6 is 0 Å². The number of rotatable bonds is 2. The second kappa shape index (κ2) is 3.88. The second-order valence-electron chi connectivity index (χ2n) is 3.47. The summed E-state index contributed by atoms with van der Waals surface area (Å²) < 4.78 is 11.3. The smallest absolute Gasteiger partial charge is 0.408 e. The van der Waals surface area contributed by atoms with Gasteiger partial charge in [0.2, 0.25) is 0 Å². The van der Waals surface area contributed by atoms with E-state index in [0.717, 1.165) is 5.69 Å². The van der Waals surface area contributed by atoms with Crippen molar-refractivity contribution in [2.24, 2.45) is 7.05 Å². The van der Waals surface area contributed by atoms with E-state index in [-0.39, 0.29) is 6.10 Å². The summed E-state index contributed by atoms with van der Waals surface area (Å²) in [6.07, 6.45) is -0.790. The molecule has 16 heavy (non-hydrogen) atoms. The van der Waals surface area contributed by atoms with Crippen molar-refractivity contribution in [1.29, 1.82) is 0 Å². The number of cyclic esters (lactones) is 1. The maximum absolute atomic E-state index is 11.4. The zero-order valence-electron chi connectivity index (χ0n) is 9.02. The zero-order chi connectivity index (χ0) is 11.7. The van der Waals surface area contributed by atoms with Crippen LogP contribution in [0.3, 0.4) is 0 Å². The molecule has 0 radical (unpaired) electrons.